The number of hydrogen-bond donors (Lipinski definition) is 1. The van der Waals surface area contributed by atoms with Crippen LogP contribution in [-0.4, -0.2) is 37.3 Å². The predicted molar refractivity (Wildman–Crippen MR) is 103 cm³/mol. The Morgan fingerprint density at radius 1 is 0.778 bits per heavy atom. The Morgan fingerprint density at radius 2 is 1.37 bits per heavy atom. The number of benzene rings is 4. The normalized spacial score (nSPS) is 17.9. The molecule has 1 aliphatic rings. The van der Waals surface area contributed by atoms with Gasteiger partial charge in [-0.05, 0) is 37.9 Å². The standard InChI is InChI=1S/C22H19F3N2/c23-22(24,25)21(27-12-10-26-11-13-27)18-9-7-16-5-4-14-2-1-3-15-6-8-17(18)20(16)19(14)15/h1-9,21,26H,10-13H2/t21-/m1/s1. The quantitative estimate of drug-likeness (QED) is 0.496. The van der Waals surface area contributed by atoms with Crippen LogP contribution in [0.2, 0.25) is 0 Å². The molecule has 138 valence electrons. The van der Waals surface area contributed by atoms with E-state index < -0.39 is 12.2 Å². The molecule has 0 spiro atoms. The largest absolute Gasteiger partial charge is 0.408 e. The molecule has 5 rings (SSSR count). The van der Waals surface area contributed by atoms with Gasteiger partial charge in [0.05, 0.1) is 0 Å². The average molecular weight is 368 g/mol. The van der Waals surface area contributed by atoms with E-state index >= 15 is 0 Å². The zero-order valence-corrected chi connectivity index (χ0v) is 14.7. The minimum atomic E-state index is -4.32. The molecule has 0 amide bonds. The summed E-state index contributed by atoms with van der Waals surface area (Å²) in [5.41, 5.74) is 0.357. The first-order chi connectivity index (χ1) is 13.0. The molecular weight excluding hydrogens is 349 g/mol. The topological polar surface area (TPSA) is 15.3 Å². The van der Waals surface area contributed by atoms with Crippen molar-refractivity contribution in [2.45, 2.75) is 12.2 Å². The van der Waals surface area contributed by atoms with E-state index in [0.29, 0.717) is 37.1 Å². The number of piperazine rings is 1. The van der Waals surface area contributed by atoms with E-state index in [1.54, 1.807) is 11.0 Å². The maximum atomic E-state index is 14.1. The van der Waals surface area contributed by atoms with Crippen molar-refractivity contribution in [1.82, 2.24) is 10.2 Å². The third-order valence-corrected chi connectivity index (χ3v) is 5.68. The van der Waals surface area contributed by atoms with E-state index in [2.05, 4.69) is 5.32 Å². The van der Waals surface area contributed by atoms with Gasteiger partial charge in [0.2, 0.25) is 0 Å². The second kappa shape index (κ2) is 6.08. The maximum absolute atomic E-state index is 14.1. The van der Waals surface area contributed by atoms with Crippen molar-refractivity contribution < 1.29 is 13.2 Å². The van der Waals surface area contributed by atoms with Crippen LogP contribution in [0.5, 0.6) is 0 Å². The summed E-state index contributed by atoms with van der Waals surface area (Å²) in [6.07, 6.45) is -4.32. The van der Waals surface area contributed by atoms with Gasteiger partial charge in [0.1, 0.15) is 6.04 Å². The van der Waals surface area contributed by atoms with Crippen LogP contribution in [-0.2, 0) is 0 Å². The monoisotopic (exact) mass is 368 g/mol. The van der Waals surface area contributed by atoms with Crippen LogP contribution >= 0.6 is 0 Å². The lowest BCUT2D eigenvalue weighted by atomic mass is 9.89. The van der Waals surface area contributed by atoms with Crippen molar-refractivity contribution in [2.75, 3.05) is 26.2 Å². The highest BCUT2D eigenvalue weighted by atomic mass is 19.4. The third-order valence-electron chi connectivity index (χ3n) is 5.68. The van der Waals surface area contributed by atoms with Gasteiger partial charge in [-0.2, -0.15) is 13.2 Å². The molecule has 1 saturated heterocycles. The van der Waals surface area contributed by atoms with Crippen molar-refractivity contribution in [3.8, 4) is 0 Å². The van der Waals surface area contributed by atoms with Crippen LogP contribution in [0, 0.1) is 0 Å². The predicted octanol–water partition coefficient (Wildman–Crippen LogP) is 5.09. The Balaban J connectivity index is 1.81. The summed E-state index contributed by atoms with van der Waals surface area (Å²) in [6, 6.07) is 15.8. The van der Waals surface area contributed by atoms with Crippen molar-refractivity contribution in [1.29, 1.82) is 0 Å². The zero-order chi connectivity index (χ0) is 18.6. The van der Waals surface area contributed by atoms with Crippen LogP contribution in [0.25, 0.3) is 32.3 Å². The highest BCUT2D eigenvalue weighted by molar-refractivity contribution is 6.23. The first kappa shape index (κ1) is 16.8. The fourth-order valence-corrected chi connectivity index (χ4v) is 4.52. The molecule has 0 saturated carbocycles. The lowest BCUT2D eigenvalue weighted by Gasteiger charge is -2.36. The second-order valence-electron chi connectivity index (χ2n) is 7.24. The summed E-state index contributed by atoms with van der Waals surface area (Å²) in [6.45, 7) is 1.95. The number of rotatable bonds is 2. The number of halogens is 3. The highest BCUT2D eigenvalue weighted by Crippen LogP contribution is 2.44. The molecule has 0 unspecified atom stereocenters. The minimum absolute atomic E-state index is 0.357. The number of alkyl halides is 3. The summed E-state index contributed by atoms with van der Waals surface area (Å²) in [5, 5.41) is 8.95. The fraction of sp³-hybridized carbons (Fsp3) is 0.273. The summed E-state index contributed by atoms with van der Waals surface area (Å²) in [5.74, 6) is 0. The highest BCUT2D eigenvalue weighted by Gasteiger charge is 2.45. The van der Waals surface area contributed by atoms with Gasteiger partial charge in [-0.15, -0.1) is 0 Å². The Hall–Kier alpha value is -2.37. The van der Waals surface area contributed by atoms with Gasteiger partial charge in [0.25, 0.3) is 0 Å². The molecule has 1 heterocycles. The van der Waals surface area contributed by atoms with Crippen LogP contribution in [0.15, 0.2) is 54.6 Å². The molecule has 1 aliphatic heterocycles. The first-order valence-electron chi connectivity index (χ1n) is 9.22. The van der Waals surface area contributed by atoms with Gasteiger partial charge in [0.15, 0.2) is 0 Å². The molecule has 1 N–H and O–H groups in total. The van der Waals surface area contributed by atoms with E-state index in [4.69, 9.17) is 0 Å². The molecule has 1 fully saturated rings. The number of hydrogen-bond acceptors (Lipinski definition) is 2. The molecule has 0 aliphatic carbocycles. The van der Waals surface area contributed by atoms with E-state index in [1.807, 2.05) is 48.5 Å². The lowest BCUT2D eigenvalue weighted by molar-refractivity contribution is -0.187. The van der Waals surface area contributed by atoms with E-state index in [0.717, 1.165) is 26.9 Å². The van der Waals surface area contributed by atoms with Crippen molar-refractivity contribution in [3.63, 3.8) is 0 Å². The third kappa shape index (κ3) is 2.65. The summed E-state index contributed by atoms with van der Waals surface area (Å²) >= 11 is 0. The van der Waals surface area contributed by atoms with E-state index in [9.17, 15) is 13.2 Å². The Kier molecular flexibility index (Phi) is 3.78. The van der Waals surface area contributed by atoms with E-state index in [1.165, 1.54) is 0 Å². The van der Waals surface area contributed by atoms with Crippen molar-refractivity contribution in [2.24, 2.45) is 0 Å². The van der Waals surface area contributed by atoms with Gasteiger partial charge in [0, 0.05) is 26.2 Å². The van der Waals surface area contributed by atoms with Crippen molar-refractivity contribution in [3.05, 3.63) is 60.2 Å². The second-order valence-corrected chi connectivity index (χ2v) is 7.24. The Bertz CT molecular complexity index is 1100. The fourth-order valence-electron chi connectivity index (χ4n) is 4.52. The summed E-state index contributed by atoms with van der Waals surface area (Å²) < 4.78 is 42.4. The number of nitrogens with one attached hydrogen (secondary N) is 1. The average Bonchev–Trinajstić information content (AvgIpc) is 2.67. The first-order valence-corrected chi connectivity index (χ1v) is 9.22. The summed E-state index contributed by atoms with van der Waals surface area (Å²) in [7, 11) is 0. The van der Waals surface area contributed by atoms with Crippen molar-refractivity contribution >= 4 is 32.3 Å². The van der Waals surface area contributed by atoms with Crippen LogP contribution < -0.4 is 5.32 Å². The maximum Gasteiger partial charge on any atom is 0.408 e. The number of nitrogens with zero attached hydrogens (tertiary/aromatic N) is 1. The van der Waals surface area contributed by atoms with Gasteiger partial charge >= 0.3 is 6.18 Å². The van der Waals surface area contributed by atoms with Gasteiger partial charge in [-0.3, -0.25) is 4.90 Å². The molecule has 0 bridgehead atoms. The molecule has 27 heavy (non-hydrogen) atoms. The van der Waals surface area contributed by atoms with Gasteiger partial charge in [-0.25, -0.2) is 0 Å². The van der Waals surface area contributed by atoms with Crippen LogP contribution in [0.3, 0.4) is 0 Å². The van der Waals surface area contributed by atoms with Crippen LogP contribution in [0.1, 0.15) is 11.6 Å². The lowest BCUT2D eigenvalue weighted by Crippen LogP contribution is -2.49. The molecule has 0 radical (unpaired) electrons. The SMILES string of the molecule is FC(F)(F)[C@@H](c1ccc2ccc3cccc4ccc1c2c34)N1CCNCC1. The minimum Gasteiger partial charge on any atom is -0.314 e. The molecule has 4 aromatic carbocycles. The van der Waals surface area contributed by atoms with Crippen LogP contribution in [0.4, 0.5) is 13.2 Å². The molecule has 2 nitrogen and oxygen atoms in total. The molecule has 5 heteroatoms. The molecular formula is C22H19F3N2. The van der Waals surface area contributed by atoms with E-state index in [-0.39, 0.29) is 0 Å². The Labute approximate surface area is 154 Å². The Morgan fingerprint density at radius 3 is 2.04 bits per heavy atom. The molecule has 0 aromatic heterocycles. The zero-order valence-electron chi connectivity index (χ0n) is 14.7. The molecule has 4 aromatic rings. The van der Waals surface area contributed by atoms with Gasteiger partial charge in [-0.1, -0.05) is 54.6 Å². The summed E-state index contributed by atoms with van der Waals surface area (Å²) in [4.78, 5) is 1.56. The van der Waals surface area contributed by atoms with Gasteiger partial charge < -0.3 is 5.32 Å². The smallest absolute Gasteiger partial charge is 0.314 e. The molecule has 1 atom stereocenters.